The largest absolute Gasteiger partial charge is 0.454 e. The number of pyridine rings is 1. The van der Waals surface area contributed by atoms with Crippen molar-refractivity contribution < 1.29 is 30.7 Å². The Kier molecular flexibility index (Phi) is 8.33. The number of hydrogen-bond donors (Lipinski definition) is 2. The number of aryl methyl sites for hydroxylation is 1. The molecule has 0 aromatic carbocycles. The van der Waals surface area contributed by atoms with Crippen molar-refractivity contribution >= 4 is 44.7 Å². The van der Waals surface area contributed by atoms with E-state index in [-0.39, 0.29) is 22.2 Å². The summed E-state index contributed by atoms with van der Waals surface area (Å²) in [6.45, 7) is 5.17. The molecule has 0 bridgehead atoms. The minimum atomic E-state index is -4.92. The van der Waals surface area contributed by atoms with Gasteiger partial charge in [-0.05, 0) is 39.3 Å². The monoisotopic (exact) mass is 648 g/mol. The van der Waals surface area contributed by atoms with E-state index in [1.165, 1.54) is 23.6 Å². The van der Waals surface area contributed by atoms with Crippen LogP contribution >= 0.6 is 22.9 Å². The number of piperidine rings is 1. The second-order valence-corrected chi connectivity index (χ2v) is 14.1. The van der Waals surface area contributed by atoms with Crippen LogP contribution in [0.25, 0.3) is 10.6 Å². The van der Waals surface area contributed by atoms with Gasteiger partial charge in [-0.3, -0.25) is 4.72 Å². The van der Waals surface area contributed by atoms with Crippen molar-refractivity contribution in [3.05, 3.63) is 40.0 Å². The van der Waals surface area contributed by atoms with E-state index in [0.29, 0.717) is 41.7 Å². The summed E-state index contributed by atoms with van der Waals surface area (Å²) in [6, 6.07) is 3.09. The highest BCUT2D eigenvalue weighted by atomic mass is 35.5. The maximum Gasteiger partial charge on any atom is 0.404 e. The Balaban J connectivity index is 1.36. The Morgan fingerprint density at radius 3 is 2.71 bits per heavy atom. The van der Waals surface area contributed by atoms with E-state index >= 15 is 0 Å². The first-order valence-electron chi connectivity index (χ1n) is 13.1. The molecule has 2 aliphatic rings. The number of thiophene rings is 1. The number of rotatable bonds is 9. The lowest BCUT2D eigenvalue weighted by Gasteiger charge is -2.33. The Bertz CT molecular complexity index is 1580. The van der Waals surface area contributed by atoms with E-state index in [1.54, 1.807) is 17.0 Å². The topological polar surface area (TPSA) is 109 Å². The molecule has 1 spiro atoms. The van der Waals surface area contributed by atoms with Gasteiger partial charge in [-0.1, -0.05) is 18.5 Å². The number of hydrogen-bond acceptors (Lipinski definition) is 9. The van der Waals surface area contributed by atoms with Gasteiger partial charge in [0.25, 0.3) is 0 Å². The van der Waals surface area contributed by atoms with Gasteiger partial charge in [-0.15, -0.1) is 11.3 Å². The molecule has 1 saturated heterocycles. The van der Waals surface area contributed by atoms with Crippen molar-refractivity contribution in [1.82, 2.24) is 19.9 Å². The molecule has 1 saturated carbocycles. The van der Waals surface area contributed by atoms with Gasteiger partial charge in [-0.2, -0.15) is 13.2 Å². The summed E-state index contributed by atoms with van der Waals surface area (Å²) in [5.41, 5.74) is 1.38. The molecule has 2 unspecified atom stereocenters. The molecule has 2 fully saturated rings. The number of sulfonamides is 1. The molecule has 2 N–H and O–H groups in total. The molecule has 228 valence electrons. The van der Waals surface area contributed by atoms with Crippen LogP contribution in [0.3, 0.4) is 0 Å². The molecule has 16 heteroatoms. The lowest BCUT2D eigenvalue weighted by molar-refractivity contribution is -0.106. The van der Waals surface area contributed by atoms with Gasteiger partial charge in [-0.25, -0.2) is 27.8 Å². The predicted molar refractivity (Wildman–Crippen MR) is 154 cm³/mol. The highest BCUT2D eigenvalue weighted by molar-refractivity contribution is 7.92. The lowest BCUT2D eigenvalue weighted by atomic mass is 9.93. The van der Waals surface area contributed by atoms with E-state index in [9.17, 15) is 26.0 Å². The number of nitrogens with one attached hydrogen (secondary N) is 2. The molecule has 0 radical (unpaired) electrons. The summed E-state index contributed by atoms with van der Waals surface area (Å²) in [5.74, 6) is -1.43. The van der Waals surface area contributed by atoms with Crippen molar-refractivity contribution in [2.24, 2.45) is 5.41 Å². The number of anilines is 2. The van der Waals surface area contributed by atoms with Crippen LogP contribution in [0.2, 0.25) is 5.02 Å². The van der Waals surface area contributed by atoms with E-state index in [4.69, 9.17) is 21.3 Å². The average molecular weight is 649 g/mol. The second-order valence-electron chi connectivity index (χ2n) is 10.8. The van der Waals surface area contributed by atoms with E-state index in [0.717, 1.165) is 23.4 Å². The van der Waals surface area contributed by atoms with Crippen molar-refractivity contribution in [3.63, 3.8) is 0 Å². The Labute approximate surface area is 249 Å². The van der Waals surface area contributed by atoms with Gasteiger partial charge < -0.3 is 15.0 Å². The molecule has 4 heterocycles. The van der Waals surface area contributed by atoms with Crippen LogP contribution in [0.15, 0.2) is 24.5 Å². The summed E-state index contributed by atoms with van der Waals surface area (Å²) in [4.78, 5) is 16.7. The summed E-state index contributed by atoms with van der Waals surface area (Å²) in [5, 5.41) is 3.14. The summed E-state index contributed by atoms with van der Waals surface area (Å²) >= 11 is 7.63. The first-order chi connectivity index (χ1) is 19.7. The van der Waals surface area contributed by atoms with E-state index < -0.39 is 33.9 Å². The summed E-state index contributed by atoms with van der Waals surface area (Å²) in [6.07, 6.45) is -0.995. The van der Waals surface area contributed by atoms with Crippen LogP contribution in [0, 0.1) is 12.3 Å². The predicted octanol–water partition coefficient (Wildman–Crippen LogP) is 6.06. The maximum atomic E-state index is 14.2. The Hall–Kier alpha value is -2.75. The van der Waals surface area contributed by atoms with Crippen LogP contribution in [-0.4, -0.2) is 72.5 Å². The lowest BCUT2D eigenvalue weighted by Crippen LogP contribution is -2.42. The van der Waals surface area contributed by atoms with Crippen LogP contribution in [0.1, 0.15) is 30.2 Å². The molecule has 1 aliphatic carbocycles. The molecule has 5 rings (SSSR count). The van der Waals surface area contributed by atoms with Crippen molar-refractivity contribution in [2.45, 2.75) is 51.5 Å². The van der Waals surface area contributed by atoms with Crippen LogP contribution in [-0.2, 0) is 16.4 Å². The average Bonchev–Trinajstić information content (AvgIpc) is 3.38. The standard InChI is InChI=1S/C26H29ClF4N6O3S2/c1-4-17-14(2)41-22(19-5-6-32-24(34-19)35-20-9-25(20)8-15(28)11-37(3)12-25)21(17)40-16-7-18(27)23(33-10-16)36-42(38,39)13-26(29,30)31/h5-7,10,15,20H,4,8-9,11-13H2,1-3H3,(H,33,36)(H,32,34,35)/t15-,20?,25?/m0/s1. The minimum Gasteiger partial charge on any atom is -0.454 e. The van der Waals surface area contributed by atoms with Gasteiger partial charge in [0, 0.05) is 47.3 Å². The molecule has 1 aliphatic heterocycles. The van der Waals surface area contributed by atoms with Crippen molar-refractivity contribution in [1.29, 1.82) is 0 Å². The molecule has 0 amide bonds. The van der Waals surface area contributed by atoms with Gasteiger partial charge in [0.2, 0.25) is 16.0 Å². The second kappa shape index (κ2) is 11.4. The van der Waals surface area contributed by atoms with Gasteiger partial charge in [0.15, 0.2) is 17.3 Å². The fourth-order valence-corrected chi connectivity index (χ4v) is 7.85. The fraction of sp³-hybridized carbons (Fsp3) is 0.500. The molecule has 3 atom stereocenters. The van der Waals surface area contributed by atoms with Crippen LogP contribution in [0.5, 0.6) is 11.5 Å². The Morgan fingerprint density at radius 1 is 1.29 bits per heavy atom. The Morgan fingerprint density at radius 2 is 2.05 bits per heavy atom. The normalized spacial score (nSPS) is 22.8. The maximum absolute atomic E-state index is 14.2. The number of halogens is 5. The SMILES string of the molecule is CCc1c(C)sc(-c2ccnc(NC3CC34C[C@H](F)CN(C)C4)n2)c1Oc1cnc(NS(=O)(=O)CC(F)(F)F)c(Cl)c1. The third-order valence-corrected chi connectivity index (χ3v) is 9.91. The van der Waals surface area contributed by atoms with Crippen LogP contribution < -0.4 is 14.8 Å². The third-order valence-electron chi connectivity index (χ3n) is 7.26. The molecule has 3 aromatic rings. The van der Waals surface area contributed by atoms with Crippen molar-refractivity contribution in [2.75, 3.05) is 35.9 Å². The molecule has 42 heavy (non-hydrogen) atoms. The molecule has 3 aromatic heterocycles. The molecular formula is C26H29ClF4N6O3S2. The summed E-state index contributed by atoms with van der Waals surface area (Å²) in [7, 11) is -2.84. The third kappa shape index (κ3) is 6.90. The van der Waals surface area contributed by atoms with Gasteiger partial charge in [0.1, 0.15) is 11.9 Å². The number of aromatic nitrogens is 3. The minimum absolute atomic E-state index is 0.0704. The van der Waals surface area contributed by atoms with Gasteiger partial charge >= 0.3 is 6.18 Å². The smallest absolute Gasteiger partial charge is 0.404 e. The molecule has 9 nitrogen and oxygen atoms in total. The zero-order valence-electron chi connectivity index (χ0n) is 22.9. The first-order valence-corrected chi connectivity index (χ1v) is 16.0. The van der Waals surface area contributed by atoms with Gasteiger partial charge in [0.05, 0.1) is 21.8 Å². The van der Waals surface area contributed by atoms with Crippen molar-refractivity contribution in [3.8, 4) is 22.1 Å². The quantitative estimate of drug-likeness (QED) is 0.270. The fourth-order valence-electron chi connectivity index (χ4n) is 5.49. The first kappa shape index (κ1) is 30.7. The van der Waals surface area contributed by atoms with E-state index in [1.807, 2.05) is 25.8 Å². The number of likely N-dealkylation sites (tertiary alicyclic amines) is 1. The number of ether oxygens (including phenoxy) is 1. The highest BCUT2D eigenvalue weighted by Gasteiger charge is 2.57. The number of nitrogens with zero attached hydrogens (tertiary/aromatic N) is 4. The highest BCUT2D eigenvalue weighted by Crippen LogP contribution is 2.54. The molecular weight excluding hydrogens is 620 g/mol. The number of alkyl halides is 4. The van der Waals surface area contributed by atoms with E-state index in [2.05, 4.69) is 15.3 Å². The zero-order chi connectivity index (χ0) is 30.4. The zero-order valence-corrected chi connectivity index (χ0v) is 25.3. The van der Waals surface area contributed by atoms with Crippen LogP contribution in [0.4, 0.5) is 29.3 Å². The summed E-state index contributed by atoms with van der Waals surface area (Å²) < 4.78 is 83.7.